The van der Waals surface area contributed by atoms with Crippen molar-refractivity contribution in [3.05, 3.63) is 23.8 Å². The number of benzene rings is 1. The van der Waals surface area contributed by atoms with Gasteiger partial charge in [0.1, 0.15) is 11.0 Å². The molecule has 0 aliphatic carbocycles. The van der Waals surface area contributed by atoms with Gasteiger partial charge in [-0.25, -0.2) is 0 Å². The Morgan fingerprint density at radius 1 is 1.18 bits per heavy atom. The van der Waals surface area contributed by atoms with Gasteiger partial charge in [-0.2, -0.15) is 15.4 Å². The van der Waals surface area contributed by atoms with E-state index < -0.39 is 0 Å². The summed E-state index contributed by atoms with van der Waals surface area (Å²) in [6, 6.07) is 5.37. The minimum Gasteiger partial charge on any atom is -0.351 e. The fourth-order valence-electron chi connectivity index (χ4n) is 3.37. The molecule has 3 heterocycles. The molecule has 1 aromatic carbocycles. The number of aromatic amines is 1. The zero-order chi connectivity index (χ0) is 15.1. The molecule has 2 fully saturated rings. The molecule has 0 unspecified atom stereocenters. The van der Waals surface area contributed by atoms with Crippen LogP contribution in [0.5, 0.6) is 0 Å². The van der Waals surface area contributed by atoms with E-state index in [9.17, 15) is 9.59 Å². The third kappa shape index (κ3) is 2.22. The van der Waals surface area contributed by atoms with Crippen molar-refractivity contribution < 1.29 is 9.59 Å². The molecule has 2 aliphatic rings. The van der Waals surface area contributed by atoms with Gasteiger partial charge in [0, 0.05) is 24.7 Å². The number of rotatable bonds is 1. The number of fused-ring (bicyclic) bond motifs is 4. The van der Waals surface area contributed by atoms with E-state index in [2.05, 4.69) is 20.7 Å². The number of H-pyrrole nitrogens is 1. The summed E-state index contributed by atoms with van der Waals surface area (Å²) in [6.45, 7) is 1.08. The first kappa shape index (κ1) is 13.2. The predicted molar refractivity (Wildman–Crippen MR) is 79.1 cm³/mol. The van der Waals surface area contributed by atoms with E-state index in [1.807, 2.05) is 0 Å². The largest absolute Gasteiger partial charge is 0.351 e. The van der Waals surface area contributed by atoms with Crippen molar-refractivity contribution in [3.8, 4) is 0 Å². The number of carbonyl (C=O) groups excluding carboxylic acids is 2. The maximum absolute atomic E-state index is 12.8. The van der Waals surface area contributed by atoms with Gasteiger partial charge in [-0.3, -0.25) is 9.59 Å². The van der Waals surface area contributed by atoms with Crippen LogP contribution in [0.15, 0.2) is 18.2 Å². The van der Waals surface area contributed by atoms with Crippen LogP contribution in [-0.2, 0) is 4.79 Å². The lowest BCUT2D eigenvalue weighted by Gasteiger charge is -2.27. The summed E-state index contributed by atoms with van der Waals surface area (Å²) in [5.74, 6) is -0.0460. The molecule has 0 spiro atoms. The van der Waals surface area contributed by atoms with Crippen molar-refractivity contribution in [1.82, 2.24) is 25.6 Å². The van der Waals surface area contributed by atoms with E-state index in [-0.39, 0.29) is 23.8 Å². The molecule has 7 nitrogen and oxygen atoms in total. The lowest BCUT2D eigenvalue weighted by Crippen LogP contribution is -2.41. The quantitative estimate of drug-likeness (QED) is 0.811. The fourth-order valence-corrected chi connectivity index (χ4v) is 3.37. The average Bonchev–Trinajstić information content (AvgIpc) is 2.82. The Balaban J connectivity index is 1.62. The monoisotopic (exact) mass is 299 g/mol. The Bertz CT molecular complexity index is 740. The Labute approximate surface area is 127 Å². The smallest absolute Gasteiger partial charge is 0.254 e. The number of amides is 2. The van der Waals surface area contributed by atoms with Gasteiger partial charge in [0.15, 0.2) is 0 Å². The second kappa shape index (κ2) is 5.08. The Kier molecular flexibility index (Phi) is 3.06. The van der Waals surface area contributed by atoms with Crippen LogP contribution in [0.25, 0.3) is 11.0 Å². The number of hydrogen-bond donors (Lipinski definition) is 2. The minimum absolute atomic E-state index is 0.0432. The molecule has 7 heteroatoms. The number of nitrogens with zero attached hydrogens (tertiary/aromatic N) is 3. The summed E-state index contributed by atoms with van der Waals surface area (Å²) in [7, 11) is 0. The number of nitrogens with one attached hydrogen (secondary N) is 2. The van der Waals surface area contributed by atoms with Gasteiger partial charge in [0.2, 0.25) is 5.91 Å². The van der Waals surface area contributed by atoms with Crippen molar-refractivity contribution in [3.63, 3.8) is 0 Å². The topological polar surface area (TPSA) is 91.0 Å². The van der Waals surface area contributed by atoms with Crippen LogP contribution in [0, 0.1) is 5.92 Å². The van der Waals surface area contributed by atoms with Crippen molar-refractivity contribution in [2.45, 2.75) is 25.3 Å². The summed E-state index contributed by atoms with van der Waals surface area (Å²) in [5, 5.41) is 13.6. The zero-order valence-electron chi connectivity index (χ0n) is 12.1. The average molecular weight is 299 g/mol. The number of likely N-dealkylation sites (tertiary alicyclic amines) is 1. The highest BCUT2D eigenvalue weighted by Crippen LogP contribution is 2.23. The fraction of sp³-hybridized carbons (Fsp3) is 0.467. The molecule has 1 aromatic heterocycles. The van der Waals surface area contributed by atoms with Gasteiger partial charge in [-0.1, -0.05) is 6.42 Å². The van der Waals surface area contributed by atoms with Gasteiger partial charge in [0.05, 0.1) is 5.92 Å². The van der Waals surface area contributed by atoms with Crippen LogP contribution in [0.1, 0.15) is 29.6 Å². The molecule has 2 N–H and O–H groups in total. The number of carbonyl (C=O) groups is 2. The molecule has 2 aromatic rings. The Morgan fingerprint density at radius 3 is 2.95 bits per heavy atom. The first-order valence-electron chi connectivity index (χ1n) is 7.61. The number of aromatic nitrogens is 3. The van der Waals surface area contributed by atoms with E-state index in [0.29, 0.717) is 24.2 Å². The Hall–Kier alpha value is -2.44. The van der Waals surface area contributed by atoms with E-state index in [4.69, 9.17) is 0 Å². The summed E-state index contributed by atoms with van der Waals surface area (Å²) in [4.78, 5) is 26.7. The van der Waals surface area contributed by atoms with Crippen LogP contribution in [-0.4, -0.2) is 51.3 Å². The number of hydrogen-bond acceptors (Lipinski definition) is 4. The second-order valence-corrected chi connectivity index (χ2v) is 6.07. The standard InChI is InChI=1S/C15H17N5O2/c21-14-10-2-1-3-11(16-14)8-20(7-10)15(22)9-4-5-12-13(6-9)18-19-17-12/h4-6,10-11H,1-3,7-8H2,(H,16,21)(H,17,18,19)/t10-,11+/m1/s1. The molecule has 2 bridgehead atoms. The second-order valence-electron chi connectivity index (χ2n) is 6.07. The summed E-state index contributed by atoms with van der Waals surface area (Å²) >= 11 is 0. The third-order valence-electron chi connectivity index (χ3n) is 4.55. The summed E-state index contributed by atoms with van der Waals surface area (Å²) < 4.78 is 0. The highest BCUT2D eigenvalue weighted by molar-refractivity contribution is 5.97. The molecule has 2 atom stereocenters. The lowest BCUT2D eigenvalue weighted by molar-refractivity contribution is -0.124. The third-order valence-corrected chi connectivity index (χ3v) is 4.55. The van der Waals surface area contributed by atoms with Crippen LogP contribution in [0.3, 0.4) is 0 Å². The minimum atomic E-state index is -0.0905. The molecule has 114 valence electrons. The van der Waals surface area contributed by atoms with Crippen molar-refractivity contribution in [2.75, 3.05) is 13.1 Å². The molecule has 22 heavy (non-hydrogen) atoms. The maximum Gasteiger partial charge on any atom is 0.254 e. The Morgan fingerprint density at radius 2 is 2.05 bits per heavy atom. The molecule has 0 radical (unpaired) electrons. The van der Waals surface area contributed by atoms with E-state index in [1.165, 1.54) is 0 Å². The van der Waals surface area contributed by atoms with Gasteiger partial charge in [0.25, 0.3) is 5.91 Å². The first-order valence-corrected chi connectivity index (χ1v) is 7.61. The molecule has 2 saturated heterocycles. The summed E-state index contributed by atoms with van der Waals surface area (Å²) in [6.07, 6.45) is 2.84. The highest BCUT2D eigenvalue weighted by atomic mass is 16.2. The van der Waals surface area contributed by atoms with Crippen LogP contribution in [0.2, 0.25) is 0 Å². The van der Waals surface area contributed by atoms with E-state index in [1.54, 1.807) is 23.1 Å². The van der Waals surface area contributed by atoms with Gasteiger partial charge >= 0.3 is 0 Å². The molecule has 4 rings (SSSR count). The van der Waals surface area contributed by atoms with E-state index >= 15 is 0 Å². The lowest BCUT2D eigenvalue weighted by atomic mass is 9.98. The molecular formula is C15H17N5O2. The molecule has 0 saturated carbocycles. The highest BCUT2D eigenvalue weighted by Gasteiger charge is 2.34. The maximum atomic E-state index is 12.8. The van der Waals surface area contributed by atoms with Crippen molar-refractivity contribution >= 4 is 22.8 Å². The van der Waals surface area contributed by atoms with Gasteiger partial charge in [-0.15, -0.1) is 0 Å². The van der Waals surface area contributed by atoms with E-state index in [0.717, 1.165) is 24.8 Å². The molecular weight excluding hydrogens is 282 g/mol. The van der Waals surface area contributed by atoms with Crippen LogP contribution >= 0.6 is 0 Å². The first-order chi connectivity index (χ1) is 10.7. The summed E-state index contributed by atoms with van der Waals surface area (Å²) in [5.41, 5.74) is 2.00. The zero-order valence-corrected chi connectivity index (χ0v) is 12.1. The SMILES string of the molecule is O=C1N[C@H]2CCC[C@@H]1CN(C(=O)c1ccc3n[nH]nc3c1)C2. The van der Waals surface area contributed by atoms with Gasteiger partial charge in [-0.05, 0) is 31.0 Å². The van der Waals surface area contributed by atoms with Crippen molar-refractivity contribution in [2.24, 2.45) is 5.92 Å². The predicted octanol–water partition coefficient (Wildman–Crippen LogP) is 0.699. The van der Waals surface area contributed by atoms with Crippen LogP contribution in [0.4, 0.5) is 0 Å². The normalized spacial score (nSPS) is 24.9. The van der Waals surface area contributed by atoms with Crippen molar-refractivity contribution in [1.29, 1.82) is 0 Å². The van der Waals surface area contributed by atoms with Crippen LogP contribution < -0.4 is 5.32 Å². The molecule has 2 aliphatic heterocycles. The van der Waals surface area contributed by atoms with Gasteiger partial charge < -0.3 is 10.2 Å². The molecule has 2 amide bonds.